The van der Waals surface area contributed by atoms with Crippen LogP contribution in [0.2, 0.25) is 5.02 Å². The number of sulfonamides is 1. The second kappa shape index (κ2) is 6.74. The van der Waals surface area contributed by atoms with E-state index in [0.29, 0.717) is 10.6 Å². The molecule has 2 aromatic rings. The number of aryl methyl sites for hydroxylation is 1. The van der Waals surface area contributed by atoms with Crippen LogP contribution in [0.5, 0.6) is 0 Å². The van der Waals surface area contributed by atoms with Gasteiger partial charge in [-0.3, -0.25) is 4.79 Å². The van der Waals surface area contributed by atoms with E-state index in [4.69, 9.17) is 11.6 Å². The molecule has 0 bridgehead atoms. The minimum atomic E-state index is -4.01. The molecule has 1 aliphatic rings. The SMILES string of the molecule is Cc1cc(F)ccc1S(=O)(=O)N1CCNC(=O)C1c1ccccc1Cl. The fourth-order valence-electron chi connectivity index (χ4n) is 2.93. The van der Waals surface area contributed by atoms with Gasteiger partial charge in [0.2, 0.25) is 15.9 Å². The van der Waals surface area contributed by atoms with E-state index in [1.165, 1.54) is 13.0 Å². The van der Waals surface area contributed by atoms with Gasteiger partial charge in [-0.15, -0.1) is 0 Å². The summed E-state index contributed by atoms with van der Waals surface area (Å²) < 4.78 is 40.7. The molecule has 0 saturated carbocycles. The maximum absolute atomic E-state index is 13.3. The van der Waals surface area contributed by atoms with Gasteiger partial charge in [0.05, 0.1) is 4.90 Å². The minimum absolute atomic E-state index is 0.0272. The molecule has 1 heterocycles. The van der Waals surface area contributed by atoms with E-state index >= 15 is 0 Å². The van der Waals surface area contributed by atoms with Crippen molar-refractivity contribution >= 4 is 27.5 Å². The van der Waals surface area contributed by atoms with Crippen molar-refractivity contribution < 1.29 is 17.6 Å². The predicted octanol–water partition coefficient (Wildman–Crippen LogP) is 2.65. The first kappa shape index (κ1) is 17.8. The maximum atomic E-state index is 13.3. The van der Waals surface area contributed by atoms with E-state index in [-0.39, 0.29) is 23.5 Å². The van der Waals surface area contributed by atoms with Gasteiger partial charge in [-0.2, -0.15) is 4.31 Å². The van der Waals surface area contributed by atoms with Gasteiger partial charge in [-0.05, 0) is 42.3 Å². The summed E-state index contributed by atoms with van der Waals surface area (Å²) in [7, 11) is -4.01. The molecular weight excluding hydrogens is 367 g/mol. The van der Waals surface area contributed by atoms with Gasteiger partial charge in [0.25, 0.3) is 0 Å². The molecule has 0 spiro atoms. The first-order valence-electron chi connectivity index (χ1n) is 7.62. The second-order valence-electron chi connectivity index (χ2n) is 5.74. The molecule has 8 heteroatoms. The highest BCUT2D eigenvalue weighted by molar-refractivity contribution is 7.89. The highest BCUT2D eigenvalue weighted by Gasteiger charge is 2.40. The predicted molar refractivity (Wildman–Crippen MR) is 92.2 cm³/mol. The molecule has 132 valence electrons. The van der Waals surface area contributed by atoms with Crippen LogP contribution in [-0.2, 0) is 14.8 Å². The van der Waals surface area contributed by atoms with Gasteiger partial charge in [0, 0.05) is 18.1 Å². The molecule has 1 saturated heterocycles. The lowest BCUT2D eigenvalue weighted by molar-refractivity contribution is -0.126. The second-order valence-corrected chi connectivity index (χ2v) is 8.01. The van der Waals surface area contributed by atoms with Crippen LogP contribution in [0.15, 0.2) is 47.4 Å². The van der Waals surface area contributed by atoms with Gasteiger partial charge in [0.15, 0.2) is 0 Å². The molecule has 1 amide bonds. The van der Waals surface area contributed by atoms with Crippen molar-refractivity contribution in [3.63, 3.8) is 0 Å². The van der Waals surface area contributed by atoms with Gasteiger partial charge in [-0.25, -0.2) is 12.8 Å². The van der Waals surface area contributed by atoms with E-state index in [1.54, 1.807) is 24.3 Å². The smallest absolute Gasteiger partial charge is 0.244 e. The summed E-state index contributed by atoms with van der Waals surface area (Å²) in [5.41, 5.74) is 0.689. The van der Waals surface area contributed by atoms with Crippen molar-refractivity contribution in [1.29, 1.82) is 0 Å². The zero-order chi connectivity index (χ0) is 18.2. The van der Waals surface area contributed by atoms with E-state index in [2.05, 4.69) is 5.32 Å². The Labute approximate surface area is 150 Å². The Morgan fingerprint density at radius 2 is 1.96 bits per heavy atom. The number of hydrogen-bond donors (Lipinski definition) is 1. The minimum Gasteiger partial charge on any atom is -0.353 e. The van der Waals surface area contributed by atoms with E-state index in [1.807, 2.05) is 0 Å². The Bertz CT molecular complexity index is 933. The Morgan fingerprint density at radius 3 is 2.64 bits per heavy atom. The molecule has 0 aliphatic carbocycles. The number of benzene rings is 2. The molecule has 0 aromatic heterocycles. The summed E-state index contributed by atoms with van der Waals surface area (Å²) in [4.78, 5) is 12.4. The monoisotopic (exact) mass is 382 g/mol. The average molecular weight is 383 g/mol. The summed E-state index contributed by atoms with van der Waals surface area (Å²) in [5, 5.41) is 2.98. The number of rotatable bonds is 3. The van der Waals surface area contributed by atoms with Crippen LogP contribution in [0.1, 0.15) is 17.2 Å². The summed E-state index contributed by atoms with van der Waals surface area (Å²) in [6.45, 7) is 1.81. The first-order valence-corrected chi connectivity index (χ1v) is 9.44. The van der Waals surface area contributed by atoms with Crippen LogP contribution in [0.3, 0.4) is 0 Å². The number of piperazine rings is 1. The van der Waals surface area contributed by atoms with Crippen LogP contribution in [0.25, 0.3) is 0 Å². The fourth-order valence-corrected chi connectivity index (χ4v) is 4.94. The molecule has 1 fully saturated rings. The standard InChI is InChI=1S/C17H16ClFN2O3S/c1-11-10-12(19)6-7-15(11)25(23,24)21-9-8-20-17(22)16(21)13-4-2-3-5-14(13)18/h2-7,10,16H,8-9H2,1H3,(H,20,22). The summed E-state index contributed by atoms with van der Waals surface area (Å²) in [5.74, 6) is -0.960. The number of carbonyl (C=O) groups is 1. The van der Waals surface area contributed by atoms with E-state index < -0.39 is 27.8 Å². The Hall–Kier alpha value is -1.96. The Kier molecular flexibility index (Phi) is 4.81. The van der Waals surface area contributed by atoms with Gasteiger partial charge in [0.1, 0.15) is 11.9 Å². The molecule has 5 nitrogen and oxygen atoms in total. The first-order chi connectivity index (χ1) is 11.8. The van der Waals surface area contributed by atoms with E-state index in [0.717, 1.165) is 16.4 Å². The van der Waals surface area contributed by atoms with Crippen LogP contribution in [-0.4, -0.2) is 31.7 Å². The summed E-state index contributed by atoms with van der Waals surface area (Å²) >= 11 is 6.19. The molecule has 1 aliphatic heterocycles. The van der Waals surface area contributed by atoms with Crippen LogP contribution < -0.4 is 5.32 Å². The molecule has 2 aromatic carbocycles. The topological polar surface area (TPSA) is 66.5 Å². The lowest BCUT2D eigenvalue weighted by Gasteiger charge is -2.35. The number of nitrogens with zero attached hydrogens (tertiary/aromatic N) is 1. The fraction of sp³-hybridized carbons (Fsp3) is 0.235. The van der Waals surface area contributed by atoms with Crippen molar-refractivity contribution in [2.24, 2.45) is 0 Å². The van der Waals surface area contributed by atoms with Crippen molar-refractivity contribution in [1.82, 2.24) is 9.62 Å². The highest BCUT2D eigenvalue weighted by Crippen LogP contribution is 2.34. The molecule has 3 rings (SSSR count). The van der Waals surface area contributed by atoms with Crippen molar-refractivity contribution in [3.8, 4) is 0 Å². The van der Waals surface area contributed by atoms with Crippen molar-refractivity contribution in [2.45, 2.75) is 17.9 Å². The molecule has 1 unspecified atom stereocenters. The molecule has 25 heavy (non-hydrogen) atoms. The Balaban J connectivity index is 2.12. The van der Waals surface area contributed by atoms with Crippen LogP contribution in [0.4, 0.5) is 4.39 Å². The lowest BCUT2D eigenvalue weighted by Crippen LogP contribution is -2.52. The maximum Gasteiger partial charge on any atom is 0.244 e. The lowest BCUT2D eigenvalue weighted by atomic mass is 10.0. The Morgan fingerprint density at radius 1 is 1.24 bits per heavy atom. The van der Waals surface area contributed by atoms with Crippen molar-refractivity contribution in [2.75, 3.05) is 13.1 Å². The normalized spacial score (nSPS) is 18.8. The van der Waals surface area contributed by atoms with Gasteiger partial charge < -0.3 is 5.32 Å². The zero-order valence-electron chi connectivity index (χ0n) is 13.4. The van der Waals surface area contributed by atoms with Crippen LogP contribution >= 0.6 is 11.6 Å². The third-order valence-corrected chi connectivity index (χ3v) is 6.46. The quantitative estimate of drug-likeness (QED) is 0.887. The number of carbonyl (C=O) groups excluding carboxylic acids is 1. The number of nitrogens with one attached hydrogen (secondary N) is 1. The molecule has 1 atom stereocenters. The van der Waals surface area contributed by atoms with E-state index in [9.17, 15) is 17.6 Å². The highest BCUT2D eigenvalue weighted by atomic mass is 35.5. The van der Waals surface area contributed by atoms with Gasteiger partial charge in [-0.1, -0.05) is 29.8 Å². The van der Waals surface area contributed by atoms with Crippen molar-refractivity contribution in [3.05, 3.63) is 64.4 Å². The number of hydrogen-bond acceptors (Lipinski definition) is 3. The molecule has 1 N–H and O–H groups in total. The molecule has 0 radical (unpaired) electrons. The number of amides is 1. The largest absolute Gasteiger partial charge is 0.353 e. The number of halogens is 2. The summed E-state index contributed by atoms with van der Waals surface area (Å²) in [6.07, 6.45) is 0. The zero-order valence-corrected chi connectivity index (χ0v) is 14.9. The average Bonchev–Trinajstić information content (AvgIpc) is 2.55. The van der Waals surface area contributed by atoms with Crippen LogP contribution in [0, 0.1) is 12.7 Å². The van der Waals surface area contributed by atoms with Gasteiger partial charge >= 0.3 is 0 Å². The summed E-state index contributed by atoms with van der Waals surface area (Å²) in [6, 6.07) is 9.01. The third kappa shape index (κ3) is 3.27. The third-order valence-electron chi connectivity index (χ3n) is 4.09. The molecular formula is C17H16ClFN2O3S.